The van der Waals surface area contributed by atoms with Crippen molar-refractivity contribution >= 4 is 11.6 Å². The van der Waals surface area contributed by atoms with E-state index in [4.69, 9.17) is 16.3 Å². The summed E-state index contributed by atoms with van der Waals surface area (Å²) in [5.41, 5.74) is 2.27. The van der Waals surface area contributed by atoms with Crippen LogP contribution in [0.15, 0.2) is 48.5 Å². The molecule has 1 fully saturated rings. The van der Waals surface area contributed by atoms with Crippen molar-refractivity contribution in [2.75, 3.05) is 7.05 Å². The molecule has 1 aliphatic rings. The fraction of sp³-hybridized carbons (Fsp3) is 0.294. The van der Waals surface area contributed by atoms with E-state index >= 15 is 0 Å². The van der Waals surface area contributed by atoms with Crippen LogP contribution in [0.1, 0.15) is 30.0 Å². The van der Waals surface area contributed by atoms with Gasteiger partial charge in [-0.15, -0.1) is 0 Å². The van der Waals surface area contributed by atoms with Crippen LogP contribution in [0.3, 0.4) is 0 Å². The SMILES string of the molecule is CNC(c1ccc(OC2CC2)cc1)c1ccccc1Cl. The van der Waals surface area contributed by atoms with Gasteiger partial charge in [0.2, 0.25) is 0 Å². The molecular formula is C17H18ClNO. The highest BCUT2D eigenvalue weighted by atomic mass is 35.5. The molecule has 0 heterocycles. The molecule has 0 radical (unpaired) electrons. The van der Waals surface area contributed by atoms with E-state index in [0.29, 0.717) is 6.10 Å². The predicted octanol–water partition coefficient (Wildman–Crippen LogP) is 4.19. The van der Waals surface area contributed by atoms with Crippen LogP contribution >= 0.6 is 11.6 Å². The third-order valence-electron chi connectivity index (χ3n) is 3.55. The van der Waals surface area contributed by atoms with E-state index in [2.05, 4.69) is 23.5 Å². The van der Waals surface area contributed by atoms with Crippen molar-refractivity contribution in [3.05, 3.63) is 64.7 Å². The molecule has 0 spiro atoms. The van der Waals surface area contributed by atoms with Crippen molar-refractivity contribution in [1.29, 1.82) is 0 Å². The Labute approximate surface area is 124 Å². The number of nitrogens with one attached hydrogen (secondary N) is 1. The van der Waals surface area contributed by atoms with Gasteiger partial charge in [-0.25, -0.2) is 0 Å². The van der Waals surface area contributed by atoms with Crippen LogP contribution in [-0.4, -0.2) is 13.2 Å². The van der Waals surface area contributed by atoms with Crippen LogP contribution in [0.25, 0.3) is 0 Å². The average Bonchev–Trinajstić information content (AvgIpc) is 3.27. The largest absolute Gasteiger partial charge is 0.490 e. The molecule has 2 nitrogen and oxygen atoms in total. The fourth-order valence-electron chi connectivity index (χ4n) is 2.33. The molecule has 0 amide bonds. The maximum atomic E-state index is 6.29. The first-order valence-electron chi connectivity index (χ1n) is 6.96. The van der Waals surface area contributed by atoms with Crippen molar-refractivity contribution < 1.29 is 4.74 Å². The van der Waals surface area contributed by atoms with Crippen LogP contribution in [0.4, 0.5) is 0 Å². The van der Waals surface area contributed by atoms with Gasteiger partial charge in [-0.05, 0) is 49.2 Å². The molecule has 0 aromatic heterocycles. The van der Waals surface area contributed by atoms with Gasteiger partial charge in [-0.1, -0.05) is 41.9 Å². The smallest absolute Gasteiger partial charge is 0.119 e. The van der Waals surface area contributed by atoms with Crippen LogP contribution in [0, 0.1) is 0 Å². The molecule has 0 saturated heterocycles. The minimum Gasteiger partial charge on any atom is -0.490 e. The van der Waals surface area contributed by atoms with Crippen LogP contribution in [-0.2, 0) is 0 Å². The van der Waals surface area contributed by atoms with Crippen LogP contribution < -0.4 is 10.1 Å². The predicted molar refractivity (Wildman–Crippen MR) is 82.4 cm³/mol. The summed E-state index contributed by atoms with van der Waals surface area (Å²) in [6.45, 7) is 0. The molecule has 3 rings (SSSR count). The Hall–Kier alpha value is -1.51. The third kappa shape index (κ3) is 2.97. The number of hydrogen-bond acceptors (Lipinski definition) is 2. The van der Waals surface area contributed by atoms with Gasteiger partial charge >= 0.3 is 0 Å². The number of halogens is 1. The summed E-state index contributed by atoms with van der Waals surface area (Å²) in [4.78, 5) is 0. The minimum absolute atomic E-state index is 0.0960. The van der Waals surface area contributed by atoms with E-state index < -0.39 is 0 Å². The summed E-state index contributed by atoms with van der Waals surface area (Å²) in [6, 6.07) is 16.3. The third-order valence-corrected chi connectivity index (χ3v) is 3.89. The van der Waals surface area contributed by atoms with E-state index in [-0.39, 0.29) is 6.04 Å². The molecular weight excluding hydrogens is 270 g/mol. The summed E-state index contributed by atoms with van der Waals surface area (Å²) in [7, 11) is 1.95. The first-order valence-corrected chi connectivity index (χ1v) is 7.34. The topological polar surface area (TPSA) is 21.3 Å². The first-order chi connectivity index (χ1) is 9.78. The van der Waals surface area contributed by atoms with E-state index in [1.165, 1.54) is 18.4 Å². The molecule has 1 unspecified atom stereocenters. The molecule has 2 aromatic carbocycles. The van der Waals surface area contributed by atoms with Crippen molar-refractivity contribution in [3.63, 3.8) is 0 Å². The lowest BCUT2D eigenvalue weighted by Gasteiger charge is -2.19. The van der Waals surface area contributed by atoms with Gasteiger partial charge in [0.1, 0.15) is 5.75 Å². The normalized spacial score (nSPS) is 15.9. The first kappa shape index (κ1) is 13.5. The van der Waals surface area contributed by atoms with E-state index in [1.54, 1.807) is 0 Å². The zero-order valence-electron chi connectivity index (χ0n) is 11.5. The maximum absolute atomic E-state index is 6.29. The highest BCUT2D eigenvalue weighted by Crippen LogP contribution is 2.31. The van der Waals surface area contributed by atoms with Gasteiger partial charge in [0.05, 0.1) is 12.1 Å². The second-order valence-corrected chi connectivity index (χ2v) is 5.54. The van der Waals surface area contributed by atoms with Crippen molar-refractivity contribution in [1.82, 2.24) is 5.32 Å². The van der Waals surface area contributed by atoms with Crippen LogP contribution in [0.2, 0.25) is 5.02 Å². The quantitative estimate of drug-likeness (QED) is 0.890. The number of ether oxygens (including phenoxy) is 1. The molecule has 1 N–H and O–H groups in total. The van der Waals surface area contributed by atoms with Gasteiger partial charge < -0.3 is 10.1 Å². The summed E-state index contributed by atoms with van der Waals surface area (Å²) >= 11 is 6.29. The second-order valence-electron chi connectivity index (χ2n) is 5.13. The minimum atomic E-state index is 0.0960. The van der Waals surface area contributed by atoms with E-state index in [1.807, 2.05) is 37.4 Å². The van der Waals surface area contributed by atoms with Gasteiger partial charge in [0.15, 0.2) is 0 Å². The Morgan fingerprint density at radius 3 is 2.40 bits per heavy atom. The number of rotatable bonds is 5. The van der Waals surface area contributed by atoms with Gasteiger partial charge in [0, 0.05) is 5.02 Å². The Morgan fingerprint density at radius 1 is 1.10 bits per heavy atom. The molecule has 104 valence electrons. The summed E-state index contributed by atoms with van der Waals surface area (Å²) < 4.78 is 5.78. The van der Waals surface area contributed by atoms with Gasteiger partial charge in [-0.3, -0.25) is 0 Å². The average molecular weight is 288 g/mol. The summed E-state index contributed by atoms with van der Waals surface area (Å²) in [5.74, 6) is 0.949. The standard InChI is InChI=1S/C17H18ClNO/c1-19-17(15-4-2-3-5-16(15)18)12-6-8-13(9-7-12)20-14-10-11-14/h2-9,14,17,19H,10-11H2,1H3. The van der Waals surface area contributed by atoms with Crippen molar-refractivity contribution in [2.45, 2.75) is 25.0 Å². The number of hydrogen-bond donors (Lipinski definition) is 1. The molecule has 0 aliphatic heterocycles. The Kier molecular flexibility index (Phi) is 3.95. The van der Waals surface area contributed by atoms with E-state index in [0.717, 1.165) is 16.3 Å². The zero-order chi connectivity index (χ0) is 13.9. The second kappa shape index (κ2) is 5.86. The zero-order valence-corrected chi connectivity index (χ0v) is 12.2. The lowest BCUT2D eigenvalue weighted by molar-refractivity contribution is 0.303. The monoisotopic (exact) mass is 287 g/mol. The highest BCUT2D eigenvalue weighted by Gasteiger charge is 2.23. The van der Waals surface area contributed by atoms with Gasteiger partial charge in [0.25, 0.3) is 0 Å². The van der Waals surface area contributed by atoms with Crippen LogP contribution in [0.5, 0.6) is 5.75 Å². The number of benzene rings is 2. The Morgan fingerprint density at radius 2 is 1.80 bits per heavy atom. The Bertz CT molecular complexity index is 578. The summed E-state index contributed by atoms with van der Waals surface area (Å²) in [5, 5.41) is 4.11. The molecule has 1 atom stereocenters. The van der Waals surface area contributed by atoms with Gasteiger partial charge in [-0.2, -0.15) is 0 Å². The fourth-order valence-corrected chi connectivity index (χ4v) is 2.57. The molecule has 3 heteroatoms. The molecule has 1 saturated carbocycles. The highest BCUT2D eigenvalue weighted by molar-refractivity contribution is 6.31. The van der Waals surface area contributed by atoms with Crippen molar-refractivity contribution in [3.8, 4) is 5.75 Å². The molecule has 20 heavy (non-hydrogen) atoms. The molecule has 1 aliphatic carbocycles. The van der Waals surface area contributed by atoms with E-state index in [9.17, 15) is 0 Å². The lowest BCUT2D eigenvalue weighted by atomic mass is 9.99. The lowest BCUT2D eigenvalue weighted by Crippen LogP contribution is -2.18. The Balaban J connectivity index is 1.83. The molecule has 0 bridgehead atoms. The summed E-state index contributed by atoms with van der Waals surface area (Å²) in [6.07, 6.45) is 2.80. The maximum Gasteiger partial charge on any atom is 0.119 e. The molecule has 2 aromatic rings. The van der Waals surface area contributed by atoms with Crippen molar-refractivity contribution in [2.24, 2.45) is 0 Å².